The van der Waals surface area contributed by atoms with Crippen molar-refractivity contribution < 1.29 is 28.4 Å². The molecular formula is C26H21FN2O6. The monoisotopic (exact) mass is 476 g/mol. The molecule has 1 aliphatic rings. The van der Waals surface area contributed by atoms with Crippen molar-refractivity contribution in [3.05, 3.63) is 105 Å². The van der Waals surface area contributed by atoms with Gasteiger partial charge < -0.3 is 14.8 Å². The van der Waals surface area contributed by atoms with E-state index in [1.807, 2.05) is 48.5 Å². The standard InChI is InChI=1S/C26H21FN2O6/c1-34-25(30)21-14-23(27)16(13-24(21)29(32)33)7-6-12-28-26(31)35-15-22-19-10-4-2-8-17(19)18-9-3-5-11-20(18)22/h2-11,13-14,22H,12,15H2,1H3,(H,28,31). The van der Waals surface area contributed by atoms with Gasteiger partial charge in [-0.3, -0.25) is 10.1 Å². The third-order valence-electron chi connectivity index (χ3n) is 5.72. The Balaban J connectivity index is 1.37. The molecule has 1 amide bonds. The van der Waals surface area contributed by atoms with Crippen molar-refractivity contribution in [1.82, 2.24) is 5.32 Å². The summed E-state index contributed by atoms with van der Waals surface area (Å²) < 4.78 is 24.2. The van der Waals surface area contributed by atoms with Crippen LogP contribution in [0.5, 0.6) is 0 Å². The number of esters is 1. The largest absolute Gasteiger partial charge is 0.465 e. The normalized spacial score (nSPS) is 12.2. The number of nitro groups is 1. The highest BCUT2D eigenvalue weighted by Crippen LogP contribution is 2.44. The zero-order valence-corrected chi connectivity index (χ0v) is 18.7. The molecule has 9 heteroatoms. The molecule has 0 heterocycles. The van der Waals surface area contributed by atoms with Crippen molar-refractivity contribution in [3.8, 4) is 11.1 Å². The number of rotatable bonds is 7. The number of nitro benzene ring substituents is 1. The number of halogens is 1. The number of carbonyl (C=O) groups excluding carboxylic acids is 2. The number of methoxy groups -OCH3 is 1. The molecule has 0 aliphatic heterocycles. The summed E-state index contributed by atoms with van der Waals surface area (Å²) in [7, 11) is 1.05. The van der Waals surface area contributed by atoms with Gasteiger partial charge in [-0.1, -0.05) is 60.7 Å². The van der Waals surface area contributed by atoms with Gasteiger partial charge in [-0.2, -0.15) is 0 Å². The van der Waals surface area contributed by atoms with Gasteiger partial charge in [0, 0.05) is 24.1 Å². The Morgan fingerprint density at radius 3 is 2.31 bits per heavy atom. The van der Waals surface area contributed by atoms with E-state index in [0.29, 0.717) is 0 Å². The number of amides is 1. The van der Waals surface area contributed by atoms with Crippen molar-refractivity contribution in [3.63, 3.8) is 0 Å². The topological polar surface area (TPSA) is 108 Å². The van der Waals surface area contributed by atoms with Crippen LogP contribution in [0, 0.1) is 15.9 Å². The van der Waals surface area contributed by atoms with Crippen LogP contribution >= 0.6 is 0 Å². The van der Waals surface area contributed by atoms with E-state index in [0.717, 1.165) is 41.5 Å². The first-order valence-corrected chi connectivity index (χ1v) is 10.7. The van der Waals surface area contributed by atoms with Crippen LogP contribution in [0.4, 0.5) is 14.9 Å². The molecular weight excluding hydrogens is 455 g/mol. The van der Waals surface area contributed by atoms with Crippen molar-refractivity contribution in [1.29, 1.82) is 0 Å². The first-order valence-electron chi connectivity index (χ1n) is 10.7. The third-order valence-corrected chi connectivity index (χ3v) is 5.72. The lowest BCUT2D eigenvalue weighted by atomic mass is 9.98. The average molecular weight is 476 g/mol. The molecule has 4 rings (SSSR count). The smallest absolute Gasteiger partial charge is 0.407 e. The Morgan fingerprint density at radius 2 is 1.71 bits per heavy atom. The van der Waals surface area contributed by atoms with Crippen LogP contribution in [0.15, 0.2) is 66.7 Å². The Hall–Kier alpha value is -4.53. The van der Waals surface area contributed by atoms with Crippen molar-refractivity contribution >= 4 is 23.8 Å². The first kappa shape index (κ1) is 23.6. The van der Waals surface area contributed by atoms with Gasteiger partial charge in [0.2, 0.25) is 0 Å². The highest BCUT2D eigenvalue weighted by molar-refractivity contribution is 5.94. The van der Waals surface area contributed by atoms with Gasteiger partial charge in [0.1, 0.15) is 18.0 Å². The number of alkyl carbamates (subject to hydrolysis) is 1. The predicted octanol–water partition coefficient (Wildman–Crippen LogP) is 5.07. The molecule has 1 aliphatic carbocycles. The van der Waals surface area contributed by atoms with E-state index in [-0.39, 0.29) is 24.6 Å². The zero-order valence-electron chi connectivity index (χ0n) is 18.7. The van der Waals surface area contributed by atoms with Crippen molar-refractivity contribution in [2.75, 3.05) is 20.3 Å². The zero-order chi connectivity index (χ0) is 24.9. The number of ether oxygens (including phenoxy) is 2. The highest BCUT2D eigenvalue weighted by Gasteiger charge is 2.29. The van der Waals surface area contributed by atoms with E-state index in [9.17, 15) is 24.1 Å². The molecule has 0 radical (unpaired) electrons. The number of nitrogens with zero attached hydrogens (tertiary/aromatic N) is 1. The fourth-order valence-electron chi connectivity index (χ4n) is 4.11. The molecule has 3 aromatic carbocycles. The van der Waals surface area contributed by atoms with Crippen LogP contribution in [-0.2, 0) is 9.47 Å². The molecule has 0 fully saturated rings. The van der Waals surface area contributed by atoms with Gasteiger partial charge in [0.05, 0.1) is 12.0 Å². The number of nitrogens with one attached hydrogen (secondary N) is 1. The summed E-state index contributed by atoms with van der Waals surface area (Å²) in [6, 6.07) is 17.6. The number of hydrogen-bond acceptors (Lipinski definition) is 6. The molecule has 1 N–H and O–H groups in total. The second kappa shape index (κ2) is 10.2. The first-order chi connectivity index (χ1) is 16.9. The second-order valence-corrected chi connectivity index (χ2v) is 7.75. The van der Waals surface area contributed by atoms with Crippen molar-refractivity contribution in [2.24, 2.45) is 0 Å². The Bertz CT molecular complexity index is 1290. The Kier molecular flexibility index (Phi) is 6.86. The van der Waals surface area contributed by atoms with Gasteiger partial charge >= 0.3 is 12.1 Å². The van der Waals surface area contributed by atoms with Gasteiger partial charge in [0.25, 0.3) is 5.69 Å². The molecule has 0 bridgehead atoms. The van der Waals surface area contributed by atoms with Gasteiger partial charge in [-0.15, -0.1) is 0 Å². The lowest BCUT2D eigenvalue weighted by Gasteiger charge is -2.14. The summed E-state index contributed by atoms with van der Waals surface area (Å²) in [5.41, 5.74) is 3.25. The summed E-state index contributed by atoms with van der Waals surface area (Å²) in [5.74, 6) is -1.93. The molecule has 0 saturated heterocycles. The minimum Gasteiger partial charge on any atom is -0.465 e. The summed E-state index contributed by atoms with van der Waals surface area (Å²) >= 11 is 0. The average Bonchev–Trinajstić information content (AvgIpc) is 3.19. The van der Waals surface area contributed by atoms with Crippen LogP contribution < -0.4 is 5.32 Å². The third kappa shape index (κ3) is 4.89. The minimum absolute atomic E-state index is 0.00264. The number of carbonyl (C=O) groups is 2. The summed E-state index contributed by atoms with van der Waals surface area (Å²) in [6.07, 6.45) is 2.04. The summed E-state index contributed by atoms with van der Waals surface area (Å²) in [6.45, 7) is 0.155. The minimum atomic E-state index is -1.01. The molecule has 35 heavy (non-hydrogen) atoms. The fourth-order valence-corrected chi connectivity index (χ4v) is 4.11. The van der Waals surface area contributed by atoms with Gasteiger partial charge in [-0.25, -0.2) is 14.0 Å². The number of fused-ring (bicyclic) bond motifs is 3. The number of benzene rings is 3. The molecule has 0 atom stereocenters. The van der Waals surface area contributed by atoms with E-state index in [1.54, 1.807) is 0 Å². The molecule has 178 valence electrons. The van der Waals surface area contributed by atoms with E-state index < -0.39 is 34.1 Å². The Labute approximate surface area is 200 Å². The second-order valence-electron chi connectivity index (χ2n) is 7.75. The van der Waals surface area contributed by atoms with E-state index in [2.05, 4.69) is 10.1 Å². The maximum Gasteiger partial charge on any atom is 0.407 e. The van der Waals surface area contributed by atoms with Gasteiger partial charge in [0.15, 0.2) is 0 Å². The Morgan fingerprint density at radius 1 is 1.09 bits per heavy atom. The van der Waals surface area contributed by atoms with Crippen LogP contribution in [0.2, 0.25) is 0 Å². The van der Waals surface area contributed by atoms with E-state index in [1.165, 1.54) is 12.2 Å². The molecule has 3 aromatic rings. The highest BCUT2D eigenvalue weighted by atomic mass is 19.1. The van der Waals surface area contributed by atoms with E-state index >= 15 is 0 Å². The predicted molar refractivity (Wildman–Crippen MR) is 126 cm³/mol. The lowest BCUT2D eigenvalue weighted by molar-refractivity contribution is -0.385. The van der Waals surface area contributed by atoms with Crippen LogP contribution in [0.25, 0.3) is 17.2 Å². The molecule has 0 spiro atoms. The molecule has 0 saturated carbocycles. The number of hydrogen-bond donors (Lipinski definition) is 1. The maximum atomic E-state index is 14.3. The fraction of sp³-hybridized carbons (Fsp3) is 0.154. The van der Waals surface area contributed by atoms with Crippen LogP contribution in [-0.4, -0.2) is 37.2 Å². The summed E-state index contributed by atoms with van der Waals surface area (Å²) in [5, 5.41) is 13.8. The maximum absolute atomic E-state index is 14.3. The van der Waals surface area contributed by atoms with Crippen LogP contribution in [0.1, 0.15) is 33.0 Å². The molecule has 0 aromatic heterocycles. The van der Waals surface area contributed by atoms with Crippen LogP contribution in [0.3, 0.4) is 0 Å². The molecule has 0 unspecified atom stereocenters. The SMILES string of the molecule is COC(=O)c1cc(F)c(C=CCNC(=O)OCC2c3ccccc3-c3ccccc32)cc1[N+](=O)[O-]. The lowest BCUT2D eigenvalue weighted by Crippen LogP contribution is -2.26. The quantitative estimate of drug-likeness (QED) is 0.290. The van der Waals surface area contributed by atoms with E-state index in [4.69, 9.17) is 4.74 Å². The van der Waals surface area contributed by atoms with Gasteiger partial charge in [-0.05, 0) is 28.3 Å². The molecule has 8 nitrogen and oxygen atoms in total. The van der Waals surface area contributed by atoms with Crippen molar-refractivity contribution in [2.45, 2.75) is 5.92 Å². The summed E-state index contributed by atoms with van der Waals surface area (Å²) in [4.78, 5) is 34.3.